The molecule has 186 valence electrons. The number of para-hydroxylation sites is 1. The van der Waals surface area contributed by atoms with Gasteiger partial charge in [0.2, 0.25) is 0 Å². The Morgan fingerprint density at radius 3 is 2.39 bits per heavy atom. The summed E-state index contributed by atoms with van der Waals surface area (Å²) in [5.74, 6) is -2.06. The normalized spacial score (nSPS) is 16.4. The molecule has 3 heterocycles. The first-order chi connectivity index (χ1) is 17.3. The first-order valence-electron chi connectivity index (χ1n) is 12.0. The summed E-state index contributed by atoms with van der Waals surface area (Å²) in [5, 5.41) is 3.16. The molecule has 2 amide bonds. The number of H-pyrrole nitrogens is 1. The molecule has 9 heteroatoms. The standard InChI is InChI=1S/C27H27FN4O4/c1-4-19-22(26(34)32(29-19)21-15-16(2)9-10-17(21)3)23-24(30-11-13-36-14-12-30)27(35)31(25(23)33)20-8-6-5-7-18(20)28/h5-10,15,29H,4,11-14H2,1-3H3. The van der Waals surface area contributed by atoms with Crippen LogP contribution in [0, 0.1) is 19.7 Å². The van der Waals surface area contributed by atoms with E-state index in [9.17, 15) is 18.8 Å². The quantitative estimate of drug-likeness (QED) is 0.556. The van der Waals surface area contributed by atoms with E-state index in [2.05, 4.69) is 5.10 Å². The van der Waals surface area contributed by atoms with Gasteiger partial charge in [-0.3, -0.25) is 19.5 Å². The van der Waals surface area contributed by atoms with Gasteiger partial charge in [0, 0.05) is 18.8 Å². The fourth-order valence-corrected chi connectivity index (χ4v) is 4.80. The highest BCUT2D eigenvalue weighted by Gasteiger charge is 2.45. The zero-order valence-electron chi connectivity index (χ0n) is 20.4. The maximum absolute atomic E-state index is 14.7. The van der Waals surface area contributed by atoms with Gasteiger partial charge in [0.05, 0.1) is 35.7 Å². The number of nitrogens with zero attached hydrogens (tertiary/aromatic N) is 3. The number of nitrogens with one attached hydrogen (secondary N) is 1. The van der Waals surface area contributed by atoms with Crippen LogP contribution in [0.4, 0.5) is 10.1 Å². The van der Waals surface area contributed by atoms with Crippen molar-refractivity contribution in [1.29, 1.82) is 0 Å². The molecule has 1 aromatic heterocycles. The lowest BCUT2D eigenvalue weighted by Gasteiger charge is -2.29. The van der Waals surface area contributed by atoms with Crippen molar-refractivity contribution in [3.63, 3.8) is 0 Å². The lowest BCUT2D eigenvalue weighted by Crippen LogP contribution is -2.40. The molecule has 0 bridgehead atoms. The minimum Gasteiger partial charge on any atom is -0.378 e. The van der Waals surface area contributed by atoms with Crippen LogP contribution in [0.5, 0.6) is 0 Å². The number of imide groups is 1. The Hall–Kier alpha value is -3.98. The maximum atomic E-state index is 14.7. The Kier molecular flexibility index (Phi) is 6.09. The number of aryl methyl sites for hydroxylation is 3. The van der Waals surface area contributed by atoms with Crippen LogP contribution in [0.3, 0.4) is 0 Å². The summed E-state index contributed by atoms with van der Waals surface area (Å²) in [6.45, 7) is 7.20. The van der Waals surface area contributed by atoms with Crippen molar-refractivity contribution in [3.8, 4) is 5.69 Å². The molecule has 2 aromatic carbocycles. The van der Waals surface area contributed by atoms with Crippen molar-refractivity contribution in [2.24, 2.45) is 0 Å². The maximum Gasteiger partial charge on any atom is 0.282 e. The van der Waals surface area contributed by atoms with Gasteiger partial charge in [-0.1, -0.05) is 31.2 Å². The summed E-state index contributed by atoms with van der Waals surface area (Å²) >= 11 is 0. The largest absolute Gasteiger partial charge is 0.378 e. The molecule has 36 heavy (non-hydrogen) atoms. The number of anilines is 1. The summed E-state index contributed by atoms with van der Waals surface area (Å²) in [6, 6.07) is 11.4. The first kappa shape index (κ1) is 23.7. The molecule has 0 unspecified atom stereocenters. The number of hydrogen-bond donors (Lipinski definition) is 1. The summed E-state index contributed by atoms with van der Waals surface area (Å²) in [7, 11) is 0. The van der Waals surface area contributed by atoms with Crippen LogP contribution in [0.15, 0.2) is 53.0 Å². The second-order valence-corrected chi connectivity index (χ2v) is 8.97. The van der Waals surface area contributed by atoms with Crippen molar-refractivity contribution < 1.29 is 18.7 Å². The molecule has 0 aliphatic carbocycles. The Balaban J connectivity index is 1.75. The SMILES string of the molecule is CCc1[nH]n(-c2cc(C)ccc2C)c(=O)c1C1=C(N2CCOCC2)C(=O)N(c2ccccc2F)C1=O. The van der Waals surface area contributed by atoms with Crippen molar-refractivity contribution in [2.45, 2.75) is 27.2 Å². The van der Waals surface area contributed by atoms with Crippen molar-refractivity contribution in [1.82, 2.24) is 14.7 Å². The van der Waals surface area contributed by atoms with Gasteiger partial charge in [-0.25, -0.2) is 14.0 Å². The minimum atomic E-state index is -0.717. The van der Waals surface area contributed by atoms with Gasteiger partial charge in [-0.15, -0.1) is 0 Å². The number of aromatic nitrogens is 2. The predicted octanol–water partition coefficient (Wildman–Crippen LogP) is 3.10. The first-order valence-corrected chi connectivity index (χ1v) is 12.0. The van der Waals surface area contributed by atoms with E-state index < -0.39 is 23.2 Å². The van der Waals surface area contributed by atoms with E-state index in [1.165, 1.54) is 22.9 Å². The average Bonchev–Trinajstić information content (AvgIpc) is 3.33. The van der Waals surface area contributed by atoms with Crippen molar-refractivity contribution in [2.75, 3.05) is 31.2 Å². The number of benzene rings is 2. The fourth-order valence-electron chi connectivity index (χ4n) is 4.80. The highest BCUT2D eigenvalue weighted by atomic mass is 19.1. The van der Waals surface area contributed by atoms with Gasteiger partial charge in [0.1, 0.15) is 11.5 Å². The van der Waals surface area contributed by atoms with Gasteiger partial charge in [0.25, 0.3) is 17.4 Å². The Labute approximate surface area is 207 Å². The zero-order chi connectivity index (χ0) is 25.6. The third kappa shape index (κ3) is 3.76. The van der Waals surface area contributed by atoms with Gasteiger partial charge in [-0.2, -0.15) is 0 Å². The number of amides is 2. The van der Waals surface area contributed by atoms with Crippen molar-refractivity contribution in [3.05, 3.63) is 86.7 Å². The number of aromatic amines is 1. The number of carbonyl (C=O) groups is 2. The van der Waals surface area contributed by atoms with Gasteiger partial charge >= 0.3 is 0 Å². The van der Waals surface area contributed by atoms with Crippen LogP contribution in [-0.2, 0) is 20.7 Å². The Bertz CT molecular complexity index is 1460. The van der Waals surface area contributed by atoms with Crippen molar-refractivity contribution >= 4 is 23.1 Å². The fraction of sp³-hybridized carbons (Fsp3) is 0.296. The van der Waals surface area contributed by atoms with Crippen LogP contribution in [-0.4, -0.2) is 52.8 Å². The van der Waals surface area contributed by atoms with E-state index in [4.69, 9.17) is 4.74 Å². The number of ether oxygens (including phenoxy) is 1. The molecular formula is C27H27FN4O4. The van der Waals surface area contributed by atoms with E-state index in [0.717, 1.165) is 16.0 Å². The van der Waals surface area contributed by atoms with E-state index in [1.807, 2.05) is 39.0 Å². The van der Waals surface area contributed by atoms with Gasteiger partial charge < -0.3 is 9.64 Å². The van der Waals surface area contributed by atoms with Crippen LogP contribution >= 0.6 is 0 Å². The molecule has 8 nitrogen and oxygen atoms in total. The summed E-state index contributed by atoms with van der Waals surface area (Å²) < 4.78 is 21.6. The van der Waals surface area contributed by atoms with E-state index >= 15 is 0 Å². The van der Waals surface area contributed by atoms with E-state index in [1.54, 1.807) is 11.0 Å². The second kappa shape index (κ2) is 9.23. The molecule has 0 spiro atoms. The Morgan fingerprint density at radius 2 is 1.69 bits per heavy atom. The molecule has 3 aromatic rings. The molecule has 1 N–H and O–H groups in total. The number of carbonyl (C=O) groups excluding carboxylic acids is 2. The highest BCUT2D eigenvalue weighted by Crippen LogP contribution is 2.36. The highest BCUT2D eigenvalue weighted by molar-refractivity contribution is 6.45. The topological polar surface area (TPSA) is 87.6 Å². The molecule has 5 rings (SSSR count). The van der Waals surface area contributed by atoms with E-state index in [-0.39, 0.29) is 22.5 Å². The molecule has 1 saturated heterocycles. The van der Waals surface area contributed by atoms with Gasteiger partial charge in [0.15, 0.2) is 0 Å². The van der Waals surface area contributed by atoms with Crippen LogP contribution in [0.1, 0.15) is 29.3 Å². The number of morpholine rings is 1. The molecule has 0 saturated carbocycles. The number of hydrogen-bond acceptors (Lipinski definition) is 5. The third-order valence-corrected chi connectivity index (χ3v) is 6.65. The Morgan fingerprint density at radius 1 is 0.972 bits per heavy atom. The summed E-state index contributed by atoms with van der Waals surface area (Å²) in [6.07, 6.45) is 0.420. The third-order valence-electron chi connectivity index (χ3n) is 6.65. The van der Waals surface area contributed by atoms with Crippen LogP contribution in [0.2, 0.25) is 0 Å². The molecular weight excluding hydrogens is 463 g/mol. The zero-order valence-corrected chi connectivity index (χ0v) is 20.4. The smallest absolute Gasteiger partial charge is 0.282 e. The lowest BCUT2D eigenvalue weighted by atomic mass is 10.0. The molecule has 1 fully saturated rings. The molecule has 2 aliphatic heterocycles. The second-order valence-electron chi connectivity index (χ2n) is 8.97. The molecule has 2 aliphatic rings. The number of halogens is 1. The summed E-state index contributed by atoms with van der Waals surface area (Å²) in [4.78, 5) is 44.1. The van der Waals surface area contributed by atoms with Crippen LogP contribution < -0.4 is 10.5 Å². The lowest BCUT2D eigenvalue weighted by molar-refractivity contribution is -0.121. The van der Waals surface area contributed by atoms with Crippen LogP contribution in [0.25, 0.3) is 11.3 Å². The minimum absolute atomic E-state index is 0.00712. The monoisotopic (exact) mass is 490 g/mol. The van der Waals surface area contributed by atoms with Gasteiger partial charge in [-0.05, 0) is 49.6 Å². The molecule has 0 radical (unpaired) electrons. The van der Waals surface area contributed by atoms with E-state index in [0.29, 0.717) is 44.1 Å². The average molecular weight is 491 g/mol. The predicted molar refractivity (Wildman–Crippen MR) is 133 cm³/mol. The number of rotatable bonds is 5. The summed E-state index contributed by atoms with van der Waals surface area (Å²) in [5.41, 5.74) is 2.70. The molecule has 0 atom stereocenters.